The quantitative estimate of drug-likeness (QED) is 0.905. The Morgan fingerprint density at radius 3 is 2.39 bits per heavy atom. The molecule has 3 atom stereocenters. The Balaban J connectivity index is 1.57. The molecule has 124 valence electrons. The average molecular weight is 317 g/mol. The van der Waals surface area contributed by atoms with Gasteiger partial charge in [-0.3, -0.25) is 9.59 Å². The van der Waals surface area contributed by atoms with Gasteiger partial charge in [0.2, 0.25) is 0 Å². The normalized spacial score (nSPS) is 25.9. The van der Waals surface area contributed by atoms with Gasteiger partial charge in [0.1, 0.15) is 0 Å². The summed E-state index contributed by atoms with van der Waals surface area (Å²) < 4.78 is 5.42. The maximum atomic E-state index is 12.7. The van der Waals surface area contributed by atoms with E-state index in [1.807, 2.05) is 35.2 Å². The van der Waals surface area contributed by atoms with E-state index in [9.17, 15) is 9.59 Å². The molecule has 0 radical (unpaired) electrons. The van der Waals surface area contributed by atoms with E-state index >= 15 is 0 Å². The van der Waals surface area contributed by atoms with Crippen LogP contribution in [-0.4, -0.2) is 42.1 Å². The topological polar surface area (TPSA) is 66.8 Å². The third-order valence-electron chi connectivity index (χ3n) is 5.18. The number of carbonyl (C=O) groups is 2. The number of amides is 1. The van der Waals surface area contributed by atoms with Gasteiger partial charge in [-0.25, -0.2) is 0 Å². The zero-order valence-electron chi connectivity index (χ0n) is 13.4. The van der Waals surface area contributed by atoms with Crippen LogP contribution in [0.3, 0.4) is 0 Å². The second-order valence-electron chi connectivity index (χ2n) is 6.53. The monoisotopic (exact) mass is 317 g/mol. The van der Waals surface area contributed by atoms with Crippen molar-refractivity contribution in [3.05, 3.63) is 35.9 Å². The third kappa shape index (κ3) is 3.39. The summed E-state index contributed by atoms with van der Waals surface area (Å²) >= 11 is 0. The predicted molar refractivity (Wildman–Crippen MR) is 84.7 cm³/mol. The Hall–Kier alpha value is -1.88. The zero-order valence-corrected chi connectivity index (χ0v) is 13.4. The van der Waals surface area contributed by atoms with Gasteiger partial charge in [-0.1, -0.05) is 30.3 Å². The van der Waals surface area contributed by atoms with E-state index in [4.69, 9.17) is 9.84 Å². The Labute approximate surface area is 136 Å². The van der Waals surface area contributed by atoms with E-state index in [1.54, 1.807) is 7.11 Å². The van der Waals surface area contributed by atoms with Crippen molar-refractivity contribution in [1.82, 2.24) is 4.90 Å². The first kappa shape index (κ1) is 16.0. The number of benzene rings is 1. The minimum absolute atomic E-state index is 0.00253. The van der Waals surface area contributed by atoms with E-state index in [1.165, 1.54) is 0 Å². The lowest BCUT2D eigenvalue weighted by atomic mass is 9.90. The number of carboxylic acids is 1. The van der Waals surface area contributed by atoms with Crippen LogP contribution in [0.4, 0.5) is 0 Å². The van der Waals surface area contributed by atoms with Crippen LogP contribution in [0, 0.1) is 17.8 Å². The molecule has 1 saturated heterocycles. The van der Waals surface area contributed by atoms with Gasteiger partial charge in [-0.05, 0) is 36.7 Å². The molecule has 1 heterocycles. The largest absolute Gasteiger partial charge is 0.481 e. The molecule has 23 heavy (non-hydrogen) atoms. The molecule has 1 aliphatic heterocycles. The Morgan fingerprint density at radius 2 is 1.87 bits per heavy atom. The number of aliphatic carboxylic acids is 1. The number of carboxylic acid groups (broad SMARTS) is 1. The molecule has 1 aliphatic carbocycles. The number of nitrogens with zero attached hydrogens (tertiary/aromatic N) is 1. The fraction of sp³-hybridized carbons (Fsp3) is 0.556. The van der Waals surface area contributed by atoms with Crippen molar-refractivity contribution < 1.29 is 19.4 Å². The van der Waals surface area contributed by atoms with Crippen LogP contribution >= 0.6 is 0 Å². The standard InChI is InChI=1S/C18H23NO4/c1-23-16(13-5-3-2-4-6-13)17(20)19-9-7-12(8-10-19)14-11-15(14)18(21)22/h2-6,12,14-16H,7-11H2,1H3,(H,21,22)/t14-,15+,16+/m0/s1. The summed E-state index contributed by atoms with van der Waals surface area (Å²) in [4.78, 5) is 25.5. The maximum Gasteiger partial charge on any atom is 0.306 e. The van der Waals surface area contributed by atoms with Crippen LogP contribution in [0.1, 0.15) is 30.9 Å². The predicted octanol–water partition coefficient (Wildman–Crippen LogP) is 2.33. The highest BCUT2D eigenvalue weighted by Crippen LogP contribution is 2.48. The molecule has 5 heteroatoms. The smallest absolute Gasteiger partial charge is 0.306 e. The van der Waals surface area contributed by atoms with Crippen LogP contribution in [0.5, 0.6) is 0 Å². The van der Waals surface area contributed by atoms with Gasteiger partial charge in [0.15, 0.2) is 6.10 Å². The SMILES string of the molecule is CO[C@@H](C(=O)N1CCC([C@@H]2C[C@H]2C(=O)O)CC1)c1ccccc1. The van der Waals surface area contributed by atoms with Crippen molar-refractivity contribution in [3.8, 4) is 0 Å². The molecule has 1 N–H and O–H groups in total. The van der Waals surface area contributed by atoms with Gasteiger partial charge in [0.25, 0.3) is 5.91 Å². The van der Waals surface area contributed by atoms with Gasteiger partial charge >= 0.3 is 5.97 Å². The van der Waals surface area contributed by atoms with Crippen LogP contribution < -0.4 is 0 Å². The zero-order chi connectivity index (χ0) is 16.4. The summed E-state index contributed by atoms with van der Waals surface area (Å²) in [7, 11) is 1.56. The molecule has 2 aliphatic rings. The highest BCUT2D eigenvalue weighted by molar-refractivity contribution is 5.82. The molecule has 0 unspecified atom stereocenters. The summed E-state index contributed by atoms with van der Waals surface area (Å²) in [5.74, 6) is -0.0620. The highest BCUT2D eigenvalue weighted by atomic mass is 16.5. The summed E-state index contributed by atoms with van der Waals surface area (Å²) in [6.45, 7) is 1.39. The average Bonchev–Trinajstić information content (AvgIpc) is 3.37. The first-order chi connectivity index (χ1) is 11.1. The number of methoxy groups -OCH3 is 1. The molecule has 0 aromatic heterocycles. The van der Waals surface area contributed by atoms with Gasteiger partial charge in [0, 0.05) is 20.2 Å². The lowest BCUT2D eigenvalue weighted by Gasteiger charge is -2.34. The molecule has 0 spiro atoms. The van der Waals surface area contributed by atoms with E-state index in [0.717, 1.165) is 24.8 Å². The fourth-order valence-corrected chi connectivity index (χ4v) is 3.74. The van der Waals surface area contributed by atoms with Gasteiger partial charge in [0.05, 0.1) is 5.92 Å². The van der Waals surface area contributed by atoms with E-state index < -0.39 is 12.1 Å². The number of piperidine rings is 1. The summed E-state index contributed by atoms with van der Waals surface area (Å²) in [5.41, 5.74) is 0.871. The molecule has 5 nitrogen and oxygen atoms in total. The minimum atomic E-state index is -0.669. The van der Waals surface area contributed by atoms with Crippen LogP contribution in [-0.2, 0) is 14.3 Å². The Bertz CT molecular complexity index is 566. The fourth-order valence-electron chi connectivity index (χ4n) is 3.74. The second-order valence-corrected chi connectivity index (χ2v) is 6.53. The van der Waals surface area contributed by atoms with Crippen molar-refractivity contribution in [2.75, 3.05) is 20.2 Å². The number of likely N-dealkylation sites (tertiary alicyclic amines) is 1. The number of ether oxygens (including phenoxy) is 1. The summed E-state index contributed by atoms with van der Waals surface area (Å²) in [5, 5.41) is 9.04. The van der Waals surface area contributed by atoms with Crippen molar-refractivity contribution >= 4 is 11.9 Å². The first-order valence-electron chi connectivity index (χ1n) is 8.21. The lowest BCUT2D eigenvalue weighted by molar-refractivity contribution is -0.144. The molecule has 1 amide bonds. The molecule has 3 rings (SSSR count). The van der Waals surface area contributed by atoms with E-state index in [0.29, 0.717) is 24.9 Å². The first-order valence-corrected chi connectivity index (χ1v) is 8.21. The Morgan fingerprint density at radius 1 is 1.22 bits per heavy atom. The molecule has 0 bridgehead atoms. The summed E-state index contributed by atoms with van der Waals surface area (Å²) in [6.07, 6.45) is 2.04. The Kier molecular flexibility index (Phi) is 4.66. The van der Waals surface area contributed by atoms with E-state index in [-0.39, 0.29) is 11.8 Å². The van der Waals surface area contributed by atoms with Crippen LogP contribution in [0.15, 0.2) is 30.3 Å². The second kappa shape index (κ2) is 6.71. The van der Waals surface area contributed by atoms with Gasteiger partial charge < -0.3 is 14.7 Å². The molecule has 2 fully saturated rings. The molecule has 1 aromatic rings. The number of carbonyl (C=O) groups excluding carboxylic acids is 1. The highest BCUT2D eigenvalue weighted by Gasteiger charge is 2.48. The van der Waals surface area contributed by atoms with Crippen molar-refractivity contribution in [2.24, 2.45) is 17.8 Å². The number of hydrogen-bond acceptors (Lipinski definition) is 3. The van der Waals surface area contributed by atoms with Crippen LogP contribution in [0.25, 0.3) is 0 Å². The number of hydrogen-bond donors (Lipinski definition) is 1. The van der Waals surface area contributed by atoms with Gasteiger partial charge in [-0.15, -0.1) is 0 Å². The van der Waals surface area contributed by atoms with Crippen molar-refractivity contribution in [1.29, 1.82) is 0 Å². The molecular formula is C18H23NO4. The van der Waals surface area contributed by atoms with Crippen LogP contribution in [0.2, 0.25) is 0 Å². The van der Waals surface area contributed by atoms with Crippen molar-refractivity contribution in [2.45, 2.75) is 25.4 Å². The molecule has 1 aromatic carbocycles. The van der Waals surface area contributed by atoms with E-state index in [2.05, 4.69) is 0 Å². The third-order valence-corrected chi connectivity index (χ3v) is 5.18. The lowest BCUT2D eigenvalue weighted by Crippen LogP contribution is -2.42. The minimum Gasteiger partial charge on any atom is -0.481 e. The maximum absolute atomic E-state index is 12.7. The molecular weight excluding hydrogens is 294 g/mol. The van der Waals surface area contributed by atoms with Crippen molar-refractivity contribution in [3.63, 3.8) is 0 Å². The summed E-state index contributed by atoms with van der Waals surface area (Å²) in [6, 6.07) is 9.53. The number of rotatable bonds is 5. The molecule has 1 saturated carbocycles. The van der Waals surface area contributed by atoms with Gasteiger partial charge in [-0.2, -0.15) is 0 Å².